The molecule has 0 bridgehead atoms. The van der Waals surface area contributed by atoms with Crippen LogP contribution in [0.2, 0.25) is 0 Å². The van der Waals surface area contributed by atoms with Crippen molar-refractivity contribution < 1.29 is 22.9 Å². The third kappa shape index (κ3) is 4.01. The molecule has 9 heteroatoms. The number of hydrogen-bond donors (Lipinski definition) is 0. The summed E-state index contributed by atoms with van der Waals surface area (Å²) in [5.41, 5.74) is 0.189. The van der Waals surface area contributed by atoms with Gasteiger partial charge in [-0.1, -0.05) is 24.3 Å². The fraction of sp³-hybridized carbons (Fsp3) is 0.0952. The molecule has 0 heterocycles. The standard InChI is InChI=1S/C21H18N2O6S/c1-15-8-13-19(14-20(15)23(25)26)30(27,28)22(17-9-11-18(29-2)12-10-17)21(24)16-6-4-3-5-7-16/h3-14H,1-2H3. The highest BCUT2D eigenvalue weighted by atomic mass is 32.2. The Labute approximate surface area is 173 Å². The van der Waals surface area contributed by atoms with Crippen molar-refractivity contribution in [3.63, 3.8) is 0 Å². The van der Waals surface area contributed by atoms with E-state index in [4.69, 9.17) is 4.74 Å². The molecular formula is C21H18N2O6S. The zero-order valence-electron chi connectivity index (χ0n) is 16.2. The number of carbonyl (C=O) groups is 1. The average molecular weight is 426 g/mol. The lowest BCUT2D eigenvalue weighted by Gasteiger charge is -2.23. The lowest BCUT2D eigenvalue weighted by atomic mass is 10.2. The molecule has 0 aliphatic rings. The van der Waals surface area contributed by atoms with Crippen LogP contribution in [0.5, 0.6) is 5.75 Å². The normalized spacial score (nSPS) is 11.0. The van der Waals surface area contributed by atoms with Crippen molar-refractivity contribution in [1.82, 2.24) is 0 Å². The van der Waals surface area contributed by atoms with Crippen molar-refractivity contribution in [3.8, 4) is 5.75 Å². The molecule has 30 heavy (non-hydrogen) atoms. The van der Waals surface area contributed by atoms with Gasteiger partial charge in [-0.3, -0.25) is 14.9 Å². The van der Waals surface area contributed by atoms with E-state index >= 15 is 0 Å². The van der Waals surface area contributed by atoms with Crippen molar-refractivity contribution in [1.29, 1.82) is 0 Å². The van der Waals surface area contributed by atoms with E-state index in [2.05, 4.69) is 0 Å². The number of ether oxygens (including phenoxy) is 1. The Balaban J connectivity index is 2.19. The summed E-state index contributed by atoms with van der Waals surface area (Å²) in [7, 11) is -2.99. The quantitative estimate of drug-likeness (QED) is 0.436. The molecule has 0 saturated heterocycles. The van der Waals surface area contributed by atoms with Gasteiger partial charge in [0.15, 0.2) is 0 Å². The summed E-state index contributed by atoms with van der Waals surface area (Å²) in [6.45, 7) is 1.50. The van der Waals surface area contributed by atoms with Crippen LogP contribution in [-0.4, -0.2) is 26.4 Å². The van der Waals surface area contributed by atoms with Crippen molar-refractivity contribution in [3.05, 3.63) is 94.0 Å². The van der Waals surface area contributed by atoms with Gasteiger partial charge in [0, 0.05) is 17.2 Å². The largest absolute Gasteiger partial charge is 0.497 e. The van der Waals surface area contributed by atoms with E-state index in [0.717, 1.165) is 6.07 Å². The Kier molecular flexibility index (Phi) is 5.84. The number of nitro groups is 1. The number of amides is 1. The lowest BCUT2D eigenvalue weighted by Crippen LogP contribution is -2.37. The third-order valence-corrected chi connectivity index (χ3v) is 6.13. The molecule has 3 aromatic rings. The van der Waals surface area contributed by atoms with Gasteiger partial charge >= 0.3 is 0 Å². The van der Waals surface area contributed by atoms with Crippen LogP contribution in [0.25, 0.3) is 0 Å². The minimum absolute atomic E-state index is 0.0767. The van der Waals surface area contributed by atoms with Crippen LogP contribution in [-0.2, 0) is 10.0 Å². The highest BCUT2D eigenvalue weighted by molar-refractivity contribution is 7.93. The SMILES string of the molecule is COc1ccc(N(C(=O)c2ccccc2)S(=O)(=O)c2ccc(C)c([N+](=O)[O-])c2)cc1. The molecule has 3 aromatic carbocycles. The van der Waals surface area contributed by atoms with Gasteiger partial charge in [-0.15, -0.1) is 0 Å². The van der Waals surface area contributed by atoms with Crippen molar-refractivity contribution >= 4 is 27.3 Å². The zero-order chi connectivity index (χ0) is 21.9. The number of anilines is 1. The summed E-state index contributed by atoms with van der Waals surface area (Å²) in [5, 5.41) is 11.3. The molecule has 0 atom stereocenters. The van der Waals surface area contributed by atoms with Gasteiger partial charge < -0.3 is 4.74 Å². The Bertz CT molecular complexity index is 1190. The van der Waals surface area contributed by atoms with Crippen LogP contribution >= 0.6 is 0 Å². The fourth-order valence-electron chi connectivity index (χ4n) is 2.83. The van der Waals surface area contributed by atoms with Crippen LogP contribution in [0.1, 0.15) is 15.9 Å². The summed E-state index contributed by atoms with van der Waals surface area (Å²) in [6, 6.07) is 17.4. The summed E-state index contributed by atoms with van der Waals surface area (Å²) in [4.78, 5) is 23.4. The molecule has 0 N–H and O–H groups in total. The molecule has 3 rings (SSSR count). The molecule has 0 aliphatic carbocycles. The first-order chi connectivity index (χ1) is 14.3. The number of methoxy groups -OCH3 is 1. The van der Waals surface area contributed by atoms with E-state index in [1.807, 2.05) is 0 Å². The molecular weight excluding hydrogens is 408 g/mol. The van der Waals surface area contributed by atoms with Gasteiger partial charge in [0.25, 0.3) is 21.6 Å². The zero-order valence-corrected chi connectivity index (χ0v) is 17.0. The first-order valence-electron chi connectivity index (χ1n) is 8.79. The van der Waals surface area contributed by atoms with E-state index in [9.17, 15) is 23.3 Å². The van der Waals surface area contributed by atoms with E-state index in [0.29, 0.717) is 15.6 Å². The second-order valence-corrected chi connectivity index (χ2v) is 8.13. The summed E-state index contributed by atoms with van der Waals surface area (Å²) in [6.07, 6.45) is 0. The fourth-order valence-corrected chi connectivity index (χ4v) is 4.27. The molecule has 0 spiro atoms. The van der Waals surface area contributed by atoms with Crippen LogP contribution < -0.4 is 9.04 Å². The lowest BCUT2D eigenvalue weighted by molar-refractivity contribution is -0.385. The molecule has 1 amide bonds. The smallest absolute Gasteiger partial charge is 0.273 e. The van der Waals surface area contributed by atoms with E-state index in [1.54, 1.807) is 18.2 Å². The highest BCUT2D eigenvalue weighted by Gasteiger charge is 2.33. The number of benzene rings is 3. The topological polar surface area (TPSA) is 107 Å². The van der Waals surface area contributed by atoms with E-state index in [-0.39, 0.29) is 21.8 Å². The molecule has 0 unspecified atom stereocenters. The van der Waals surface area contributed by atoms with Gasteiger partial charge in [-0.05, 0) is 49.4 Å². The van der Waals surface area contributed by atoms with E-state index < -0.39 is 20.9 Å². The van der Waals surface area contributed by atoms with Crippen LogP contribution in [0.15, 0.2) is 77.7 Å². The van der Waals surface area contributed by atoms with Crippen molar-refractivity contribution in [2.75, 3.05) is 11.4 Å². The number of rotatable bonds is 6. The predicted molar refractivity (Wildman–Crippen MR) is 111 cm³/mol. The Morgan fingerprint density at radius 3 is 2.20 bits per heavy atom. The van der Waals surface area contributed by atoms with Crippen molar-refractivity contribution in [2.24, 2.45) is 0 Å². The Hall–Kier alpha value is -3.72. The molecule has 0 radical (unpaired) electrons. The summed E-state index contributed by atoms with van der Waals surface area (Å²) < 4.78 is 32.6. The molecule has 154 valence electrons. The van der Waals surface area contributed by atoms with Crippen molar-refractivity contribution in [2.45, 2.75) is 11.8 Å². The highest BCUT2D eigenvalue weighted by Crippen LogP contribution is 2.30. The number of nitro benzene ring substituents is 1. The summed E-state index contributed by atoms with van der Waals surface area (Å²) in [5.74, 6) is -0.307. The van der Waals surface area contributed by atoms with Gasteiger partial charge in [0.1, 0.15) is 5.75 Å². The van der Waals surface area contributed by atoms with Gasteiger partial charge in [0.2, 0.25) is 0 Å². The monoisotopic (exact) mass is 426 g/mol. The number of carbonyl (C=O) groups excluding carboxylic acids is 1. The van der Waals surface area contributed by atoms with Crippen LogP contribution in [0.4, 0.5) is 11.4 Å². The predicted octanol–water partition coefficient (Wildman–Crippen LogP) is 3.95. The maximum Gasteiger partial charge on any atom is 0.273 e. The minimum atomic E-state index is -4.46. The average Bonchev–Trinajstić information content (AvgIpc) is 2.74. The maximum atomic E-state index is 13.4. The second kappa shape index (κ2) is 8.34. The van der Waals surface area contributed by atoms with Gasteiger partial charge in [0.05, 0.1) is 22.6 Å². The Morgan fingerprint density at radius 1 is 1.00 bits per heavy atom. The number of aryl methyl sites for hydroxylation is 1. The maximum absolute atomic E-state index is 13.4. The van der Waals surface area contributed by atoms with Crippen LogP contribution in [0.3, 0.4) is 0 Å². The third-order valence-electron chi connectivity index (χ3n) is 4.43. The number of sulfonamides is 1. The number of hydrogen-bond acceptors (Lipinski definition) is 6. The molecule has 0 saturated carbocycles. The molecule has 0 aliphatic heterocycles. The minimum Gasteiger partial charge on any atom is -0.497 e. The Morgan fingerprint density at radius 2 is 1.63 bits per heavy atom. The van der Waals surface area contributed by atoms with Gasteiger partial charge in [-0.2, -0.15) is 4.31 Å². The summed E-state index contributed by atoms with van der Waals surface area (Å²) >= 11 is 0. The molecule has 0 fully saturated rings. The van der Waals surface area contributed by atoms with E-state index in [1.165, 1.54) is 62.6 Å². The first kappa shape index (κ1) is 21.0. The van der Waals surface area contributed by atoms with Crippen LogP contribution in [0, 0.1) is 17.0 Å². The molecule has 0 aromatic heterocycles. The first-order valence-corrected chi connectivity index (χ1v) is 10.2. The molecule has 8 nitrogen and oxygen atoms in total. The van der Waals surface area contributed by atoms with Gasteiger partial charge in [-0.25, -0.2) is 8.42 Å². The second-order valence-electron chi connectivity index (χ2n) is 6.34. The number of nitrogens with zero attached hydrogens (tertiary/aromatic N) is 2.